The van der Waals surface area contributed by atoms with Crippen molar-refractivity contribution >= 4 is 11.6 Å². The van der Waals surface area contributed by atoms with E-state index in [0.717, 1.165) is 5.56 Å². The molecule has 0 fully saturated rings. The molecule has 0 spiro atoms. The van der Waals surface area contributed by atoms with Crippen LogP contribution in [0.15, 0.2) is 18.2 Å². The van der Waals surface area contributed by atoms with E-state index in [0.29, 0.717) is 24.0 Å². The summed E-state index contributed by atoms with van der Waals surface area (Å²) in [5.74, 6) is 1.06. The first-order valence-electron chi connectivity index (χ1n) is 5.55. The maximum atomic E-state index is 11.9. The molecule has 0 bridgehead atoms. The van der Waals surface area contributed by atoms with Gasteiger partial charge < -0.3 is 14.2 Å². The highest BCUT2D eigenvalue weighted by Gasteiger charge is 2.27. The van der Waals surface area contributed by atoms with Crippen LogP contribution in [0, 0.1) is 0 Å². The van der Waals surface area contributed by atoms with Crippen LogP contribution in [0.3, 0.4) is 0 Å². The fraction of sp³-hybridized carbons (Fsp3) is 0.500. The number of benzene rings is 1. The van der Waals surface area contributed by atoms with E-state index in [1.54, 1.807) is 25.1 Å². The molecule has 1 aromatic carbocycles. The number of hydrogen-bond acceptors (Lipinski definition) is 3. The van der Waals surface area contributed by atoms with Gasteiger partial charge in [0.05, 0.1) is 6.61 Å². The predicted molar refractivity (Wildman–Crippen MR) is 64.7 cm³/mol. The van der Waals surface area contributed by atoms with Gasteiger partial charge in [-0.25, -0.2) is 0 Å². The molecule has 0 atom stereocenters. The zero-order chi connectivity index (χ0) is 14.3. The Kier molecular flexibility index (Phi) is 6.24. The number of alkyl halides is 4. The lowest BCUT2D eigenvalue weighted by atomic mass is 10.2. The van der Waals surface area contributed by atoms with Gasteiger partial charge in [0.15, 0.2) is 18.3 Å². The van der Waals surface area contributed by atoms with Crippen LogP contribution in [0.4, 0.5) is 13.2 Å². The van der Waals surface area contributed by atoms with Crippen LogP contribution in [0.1, 0.15) is 12.5 Å². The zero-order valence-corrected chi connectivity index (χ0v) is 11.1. The van der Waals surface area contributed by atoms with Crippen LogP contribution >= 0.6 is 11.6 Å². The first-order valence-corrected chi connectivity index (χ1v) is 6.08. The topological polar surface area (TPSA) is 27.7 Å². The van der Waals surface area contributed by atoms with Crippen molar-refractivity contribution in [3.05, 3.63) is 23.8 Å². The van der Waals surface area contributed by atoms with Crippen LogP contribution in [-0.2, 0) is 10.6 Å². The molecule has 0 aliphatic heterocycles. The van der Waals surface area contributed by atoms with Crippen LogP contribution < -0.4 is 9.47 Å². The van der Waals surface area contributed by atoms with Gasteiger partial charge in [-0.1, -0.05) is 6.07 Å². The third-order valence-corrected chi connectivity index (χ3v) is 2.33. The standard InChI is InChI=1S/C12H14ClF3O3/c1-2-18-11-5-9(6-13)3-4-10(11)19-8-17-7-12(14,15)16/h3-5H,2,6-8H2,1H3. The summed E-state index contributed by atoms with van der Waals surface area (Å²) >= 11 is 5.68. The lowest BCUT2D eigenvalue weighted by molar-refractivity contribution is -0.186. The van der Waals surface area contributed by atoms with Gasteiger partial charge in [0.2, 0.25) is 0 Å². The second-order valence-corrected chi connectivity index (χ2v) is 3.84. The summed E-state index contributed by atoms with van der Waals surface area (Å²) < 4.78 is 50.4. The average molecular weight is 299 g/mol. The van der Waals surface area contributed by atoms with Gasteiger partial charge in [0.25, 0.3) is 0 Å². The fourth-order valence-corrected chi connectivity index (χ4v) is 1.45. The second-order valence-electron chi connectivity index (χ2n) is 3.57. The third-order valence-electron chi connectivity index (χ3n) is 2.03. The molecule has 1 aromatic rings. The maximum Gasteiger partial charge on any atom is 0.411 e. The van der Waals surface area contributed by atoms with E-state index >= 15 is 0 Å². The summed E-state index contributed by atoms with van der Waals surface area (Å²) in [7, 11) is 0. The van der Waals surface area contributed by atoms with Crippen molar-refractivity contribution in [1.29, 1.82) is 0 Å². The molecule has 0 aliphatic rings. The summed E-state index contributed by atoms with van der Waals surface area (Å²) in [4.78, 5) is 0. The molecular formula is C12H14ClF3O3. The fourth-order valence-electron chi connectivity index (χ4n) is 1.29. The van der Waals surface area contributed by atoms with E-state index in [1.807, 2.05) is 0 Å². The van der Waals surface area contributed by atoms with Crippen molar-refractivity contribution in [2.24, 2.45) is 0 Å². The highest BCUT2D eigenvalue weighted by molar-refractivity contribution is 6.17. The molecule has 0 aromatic heterocycles. The van der Waals surface area contributed by atoms with Gasteiger partial charge in [-0.05, 0) is 24.6 Å². The first-order chi connectivity index (χ1) is 8.96. The maximum absolute atomic E-state index is 11.9. The molecule has 0 N–H and O–H groups in total. The molecule has 19 heavy (non-hydrogen) atoms. The Hall–Kier alpha value is -1.14. The Morgan fingerprint density at radius 3 is 2.47 bits per heavy atom. The molecule has 0 unspecified atom stereocenters. The Bertz CT molecular complexity index is 396. The van der Waals surface area contributed by atoms with Crippen LogP contribution in [-0.4, -0.2) is 26.2 Å². The first kappa shape index (κ1) is 15.9. The average Bonchev–Trinajstić information content (AvgIpc) is 2.35. The van der Waals surface area contributed by atoms with Gasteiger partial charge in [0, 0.05) is 5.88 Å². The normalized spacial score (nSPS) is 11.4. The second kappa shape index (κ2) is 7.45. The quantitative estimate of drug-likeness (QED) is 0.436. The smallest absolute Gasteiger partial charge is 0.411 e. The summed E-state index contributed by atoms with van der Waals surface area (Å²) in [5.41, 5.74) is 0.827. The van der Waals surface area contributed by atoms with Gasteiger partial charge in [-0.2, -0.15) is 13.2 Å². The van der Waals surface area contributed by atoms with E-state index in [1.165, 1.54) is 0 Å². The van der Waals surface area contributed by atoms with Gasteiger partial charge in [-0.15, -0.1) is 11.6 Å². The van der Waals surface area contributed by atoms with Crippen LogP contribution in [0.2, 0.25) is 0 Å². The van der Waals surface area contributed by atoms with E-state index in [9.17, 15) is 13.2 Å². The Balaban J connectivity index is 2.56. The molecule has 0 radical (unpaired) electrons. The lowest BCUT2D eigenvalue weighted by Gasteiger charge is -2.13. The number of hydrogen-bond donors (Lipinski definition) is 0. The summed E-state index contributed by atoms with van der Waals surface area (Å²) in [6.45, 7) is 0.347. The molecule has 7 heteroatoms. The molecule has 108 valence electrons. The highest BCUT2D eigenvalue weighted by atomic mass is 35.5. The lowest BCUT2D eigenvalue weighted by Crippen LogP contribution is -2.19. The Morgan fingerprint density at radius 2 is 1.89 bits per heavy atom. The molecule has 0 saturated carbocycles. The Labute approximate surface area is 114 Å². The molecule has 0 saturated heterocycles. The van der Waals surface area contributed by atoms with E-state index < -0.39 is 19.6 Å². The van der Waals surface area contributed by atoms with Crippen molar-refractivity contribution in [1.82, 2.24) is 0 Å². The van der Waals surface area contributed by atoms with Crippen LogP contribution in [0.25, 0.3) is 0 Å². The minimum atomic E-state index is -4.37. The SMILES string of the molecule is CCOc1cc(CCl)ccc1OCOCC(F)(F)F. The molecule has 0 heterocycles. The number of halogens is 4. The van der Waals surface area contributed by atoms with Crippen LogP contribution in [0.5, 0.6) is 11.5 Å². The van der Waals surface area contributed by atoms with Gasteiger partial charge in [0.1, 0.15) is 6.61 Å². The van der Waals surface area contributed by atoms with Crippen molar-refractivity contribution in [2.75, 3.05) is 20.0 Å². The zero-order valence-electron chi connectivity index (χ0n) is 10.3. The molecule has 3 nitrogen and oxygen atoms in total. The molecular weight excluding hydrogens is 285 g/mol. The van der Waals surface area contributed by atoms with Crippen molar-refractivity contribution < 1.29 is 27.4 Å². The minimum absolute atomic E-state index is 0.310. The molecule has 0 amide bonds. The highest BCUT2D eigenvalue weighted by Crippen LogP contribution is 2.29. The third kappa shape index (κ3) is 6.02. The minimum Gasteiger partial charge on any atom is -0.490 e. The largest absolute Gasteiger partial charge is 0.490 e. The van der Waals surface area contributed by atoms with Gasteiger partial charge >= 0.3 is 6.18 Å². The van der Waals surface area contributed by atoms with E-state index in [4.69, 9.17) is 21.1 Å². The van der Waals surface area contributed by atoms with Gasteiger partial charge in [-0.3, -0.25) is 0 Å². The van der Waals surface area contributed by atoms with Crippen molar-refractivity contribution in [3.8, 4) is 11.5 Å². The summed E-state index contributed by atoms with van der Waals surface area (Å²) in [6, 6.07) is 4.96. The van der Waals surface area contributed by atoms with Crippen molar-refractivity contribution in [2.45, 2.75) is 19.0 Å². The van der Waals surface area contributed by atoms with E-state index in [2.05, 4.69) is 4.74 Å². The molecule has 1 rings (SSSR count). The number of rotatable bonds is 7. The molecule has 0 aliphatic carbocycles. The Morgan fingerprint density at radius 1 is 1.16 bits per heavy atom. The predicted octanol–water partition coefficient (Wildman–Crippen LogP) is 3.74. The monoisotopic (exact) mass is 298 g/mol. The number of ether oxygens (including phenoxy) is 3. The summed E-state index contributed by atoms with van der Waals surface area (Å²) in [6.07, 6.45) is -4.37. The van der Waals surface area contributed by atoms with E-state index in [-0.39, 0.29) is 0 Å². The van der Waals surface area contributed by atoms with Crippen molar-refractivity contribution in [3.63, 3.8) is 0 Å². The summed E-state index contributed by atoms with van der Waals surface area (Å²) in [5, 5.41) is 0.